The molecule has 0 aromatic carbocycles. The Kier molecular flexibility index (Phi) is 15.6. The molecule has 0 radical (unpaired) electrons. The zero-order valence-corrected chi connectivity index (χ0v) is 14.7. The van der Waals surface area contributed by atoms with Gasteiger partial charge in [-0.05, 0) is 6.42 Å². The molecule has 0 N–H and O–H groups in total. The number of nitrogens with zero attached hydrogens (tertiary/aromatic N) is 2. The average molecular weight is 360 g/mol. The molecule has 0 heterocycles. The van der Waals surface area contributed by atoms with E-state index < -0.39 is 6.10 Å². The van der Waals surface area contributed by atoms with E-state index in [9.17, 15) is 10.4 Å². The smallest absolute Gasteiger partial charge is 0.114 e. The molecule has 0 aromatic rings. The first-order valence-corrected chi connectivity index (χ1v) is 7.91. The lowest BCUT2D eigenvalue weighted by atomic mass is 10.3. The third-order valence-electron chi connectivity index (χ3n) is 2.76. The molecule has 0 aliphatic carbocycles. The van der Waals surface area contributed by atoms with Gasteiger partial charge in [-0.3, -0.25) is 4.84 Å². The van der Waals surface area contributed by atoms with E-state index in [1.165, 1.54) is 12.2 Å². The van der Waals surface area contributed by atoms with Gasteiger partial charge in [0.25, 0.3) is 0 Å². The first kappa shape index (κ1) is 23.9. The fourth-order valence-electron chi connectivity index (χ4n) is 1.43. The van der Waals surface area contributed by atoms with Crippen molar-refractivity contribution in [1.82, 2.24) is 10.5 Å². The minimum absolute atomic E-state index is 0.212. The summed E-state index contributed by atoms with van der Waals surface area (Å²) >= 11 is 0. The van der Waals surface area contributed by atoms with Crippen LogP contribution in [-0.2, 0) is 23.9 Å². The lowest BCUT2D eigenvalue weighted by Crippen LogP contribution is -2.27. The molecule has 0 aliphatic heterocycles. The normalized spacial score (nSPS) is 12.7. The molecule has 9 heteroatoms. The molecule has 9 nitrogen and oxygen atoms in total. The van der Waals surface area contributed by atoms with Crippen molar-refractivity contribution in [2.75, 3.05) is 39.9 Å². The first-order valence-electron chi connectivity index (χ1n) is 7.91. The number of hydroxylamine groups is 4. The summed E-state index contributed by atoms with van der Waals surface area (Å²) in [5, 5.41) is 23.3. The standard InChI is InChI=1S/C16H28N2O7/c1-5-15(6-2)24-17(19)13-22-11-9-21-10-12-23-14-18(20)25-16(7-3)8-4/h5-7,15-16H,1-3,8-14H2,4H3/q-2. The summed E-state index contributed by atoms with van der Waals surface area (Å²) in [6, 6.07) is 0. The summed E-state index contributed by atoms with van der Waals surface area (Å²) in [5.74, 6) is 0. The highest BCUT2D eigenvalue weighted by atomic mass is 16.9. The number of rotatable bonds is 18. The second-order valence-electron chi connectivity index (χ2n) is 4.68. The number of ether oxygens (including phenoxy) is 3. The van der Waals surface area contributed by atoms with Crippen LogP contribution in [0.15, 0.2) is 38.0 Å². The van der Waals surface area contributed by atoms with E-state index in [0.29, 0.717) is 16.9 Å². The molecular formula is C16H28N2O7-2. The Morgan fingerprint density at radius 1 is 0.800 bits per heavy atom. The Bertz CT molecular complexity index is 349. The van der Waals surface area contributed by atoms with Crippen molar-refractivity contribution in [3.8, 4) is 0 Å². The van der Waals surface area contributed by atoms with Gasteiger partial charge in [-0.25, -0.2) is 10.5 Å². The van der Waals surface area contributed by atoms with E-state index in [1.54, 1.807) is 6.08 Å². The third kappa shape index (κ3) is 13.8. The van der Waals surface area contributed by atoms with Crippen LogP contribution in [0.3, 0.4) is 0 Å². The molecule has 0 fully saturated rings. The van der Waals surface area contributed by atoms with Gasteiger partial charge in [0.2, 0.25) is 0 Å². The van der Waals surface area contributed by atoms with Gasteiger partial charge in [0.15, 0.2) is 0 Å². The highest BCUT2D eigenvalue weighted by Crippen LogP contribution is 2.02. The highest BCUT2D eigenvalue weighted by molar-refractivity contribution is 4.93. The van der Waals surface area contributed by atoms with Gasteiger partial charge in [0, 0.05) is 0 Å². The van der Waals surface area contributed by atoms with Crippen LogP contribution in [0.1, 0.15) is 13.3 Å². The van der Waals surface area contributed by atoms with E-state index >= 15 is 0 Å². The van der Waals surface area contributed by atoms with Crippen LogP contribution >= 0.6 is 0 Å². The molecule has 0 rings (SSSR count). The van der Waals surface area contributed by atoms with Gasteiger partial charge < -0.3 is 29.5 Å². The number of hydrogen-bond donors (Lipinski definition) is 0. The summed E-state index contributed by atoms with van der Waals surface area (Å²) in [7, 11) is 0. The van der Waals surface area contributed by atoms with Gasteiger partial charge in [0.1, 0.15) is 19.6 Å². The van der Waals surface area contributed by atoms with Gasteiger partial charge in [-0.2, -0.15) is 0 Å². The van der Waals surface area contributed by atoms with Crippen molar-refractivity contribution < 1.29 is 23.9 Å². The fourth-order valence-corrected chi connectivity index (χ4v) is 1.43. The molecule has 0 amide bonds. The Hall–Kier alpha value is -1.14. The molecule has 0 saturated carbocycles. The summed E-state index contributed by atoms with van der Waals surface area (Å²) < 4.78 is 15.4. The maximum absolute atomic E-state index is 11.3. The Morgan fingerprint density at radius 2 is 1.28 bits per heavy atom. The Balaban J connectivity index is 3.45. The van der Waals surface area contributed by atoms with E-state index in [-0.39, 0.29) is 46.0 Å². The predicted molar refractivity (Wildman–Crippen MR) is 93.5 cm³/mol. The summed E-state index contributed by atoms with van der Waals surface area (Å²) in [4.78, 5) is 9.87. The second kappa shape index (κ2) is 16.3. The van der Waals surface area contributed by atoms with Gasteiger partial charge in [-0.1, -0.05) is 25.2 Å². The van der Waals surface area contributed by atoms with Crippen LogP contribution in [0, 0.1) is 10.4 Å². The fraction of sp³-hybridized carbons (Fsp3) is 0.625. The van der Waals surface area contributed by atoms with Gasteiger partial charge >= 0.3 is 0 Å². The van der Waals surface area contributed by atoms with Crippen LogP contribution < -0.4 is 0 Å². The van der Waals surface area contributed by atoms with Crippen LogP contribution in [0.5, 0.6) is 0 Å². The van der Waals surface area contributed by atoms with E-state index in [0.717, 1.165) is 0 Å². The monoisotopic (exact) mass is 360 g/mol. The van der Waals surface area contributed by atoms with Crippen molar-refractivity contribution in [3.63, 3.8) is 0 Å². The average Bonchev–Trinajstić information content (AvgIpc) is 2.62. The summed E-state index contributed by atoms with van der Waals surface area (Å²) in [6.45, 7) is 12.9. The lowest BCUT2D eigenvalue weighted by Gasteiger charge is -2.29. The van der Waals surface area contributed by atoms with Crippen molar-refractivity contribution in [3.05, 3.63) is 48.4 Å². The molecule has 1 atom stereocenters. The quantitative estimate of drug-likeness (QED) is 0.157. The molecular weight excluding hydrogens is 332 g/mol. The van der Waals surface area contributed by atoms with Crippen molar-refractivity contribution in [2.24, 2.45) is 0 Å². The molecule has 0 bridgehead atoms. The van der Waals surface area contributed by atoms with Crippen LogP contribution in [0.25, 0.3) is 0 Å². The molecule has 0 saturated heterocycles. The summed E-state index contributed by atoms with van der Waals surface area (Å²) in [5.41, 5.74) is 0. The SMILES string of the molecule is C=CC(C=C)ON([O-])COCCOCCOCN([O-])OC(C=C)CC. The summed E-state index contributed by atoms with van der Waals surface area (Å²) in [6.07, 6.45) is 4.20. The predicted octanol–water partition coefficient (Wildman–Crippen LogP) is 2.12. The molecule has 25 heavy (non-hydrogen) atoms. The number of hydrogen-bond acceptors (Lipinski definition) is 9. The minimum Gasteiger partial charge on any atom is -0.760 e. The van der Waals surface area contributed by atoms with Gasteiger partial charge in [-0.15, -0.1) is 19.7 Å². The topological polar surface area (TPSA) is 98.8 Å². The Morgan fingerprint density at radius 3 is 1.72 bits per heavy atom. The molecule has 0 aromatic heterocycles. The Labute approximate surface area is 149 Å². The van der Waals surface area contributed by atoms with Crippen LogP contribution in [-0.4, -0.2) is 62.6 Å². The van der Waals surface area contributed by atoms with Crippen LogP contribution in [0.4, 0.5) is 0 Å². The molecule has 146 valence electrons. The van der Waals surface area contributed by atoms with E-state index in [4.69, 9.17) is 23.9 Å². The van der Waals surface area contributed by atoms with E-state index in [2.05, 4.69) is 19.7 Å². The molecule has 0 spiro atoms. The highest BCUT2D eigenvalue weighted by Gasteiger charge is 2.03. The van der Waals surface area contributed by atoms with Gasteiger partial charge in [0.05, 0.1) is 32.5 Å². The van der Waals surface area contributed by atoms with Crippen molar-refractivity contribution >= 4 is 0 Å². The third-order valence-corrected chi connectivity index (χ3v) is 2.76. The zero-order valence-electron chi connectivity index (χ0n) is 14.7. The maximum atomic E-state index is 11.3. The molecule has 1 unspecified atom stereocenters. The zero-order chi connectivity index (χ0) is 18.9. The van der Waals surface area contributed by atoms with E-state index in [1.807, 2.05) is 6.92 Å². The molecule has 0 aliphatic rings. The van der Waals surface area contributed by atoms with Crippen molar-refractivity contribution in [2.45, 2.75) is 25.6 Å². The second-order valence-corrected chi connectivity index (χ2v) is 4.68. The lowest BCUT2D eigenvalue weighted by molar-refractivity contribution is -0.199. The minimum atomic E-state index is -0.557. The maximum Gasteiger partial charge on any atom is 0.114 e. The largest absolute Gasteiger partial charge is 0.760 e. The first-order chi connectivity index (χ1) is 12.1. The van der Waals surface area contributed by atoms with Crippen molar-refractivity contribution in [1.29, 1.82) is 0 Å². The van der Waals surface area contributed by atoms with Crippen LogP contribution in [0.2, 0.25) is 0 Å².